The molecular formula is C25H30N2O5. The zero-order chi connectivity index (χ0) is 23.7. The van der Waals surface area contributed by atoms with Gasteiger partial charge in [-0.25, -0.2) is 4.79 Å². The Hall–Kier alpha value is -3.35. The molecule has 32 heavy (non-hydrogen) atoms. The lowest BCUT2D eigenvalue weighted by molar-refractivity contribution is -0.144. The van der Waals surface area contributed by atoms with Gasteiger partial charge in [0, 0.05) is 5.92 Å². The van der Waals surface area contributed by atoms with E-state index in [-0.39, 0.29) is 12.5 Å². The number of carbonyl (C=O) groups excluding carboxylic acids is 2. The molecule has 3 N–H and O–H groups in total. The molecule has 0 saturated heterocycles. The van der Waals surface area contributed by atoms with Crippen LogP contribution in [-0.2, 0) is 14.3 Å². The number of nitrogens with one attached hydrogen (secondary N) is 2. The maximum absolute atomic E-state index is 12.7. The van der Waals surface area contributed by atoms with Crippen molar-refractivity contribution in [3.05, 3.63) is 59.7 Å². The molecule has 7 nitrogen and oxygen atoms in total. The van der Waals surface area contributed by atoms with Gasteiger partial charge in [-0.15, -0.1) is 0 Å². The van der Waals surface area contributed by atoms with Gasteiger partial charge < -0.3 is 20.5 Å². The molecule has 0 radical (unpaired) electrons. The Morgan fingerprint density at radius 3 is 1.97 bits per heavy atom. The standard InChI is InChI=1S/C25H30N2O5/c1-15(21(28)29)26-22(30)24(2,3)25(4,5)27-23(31)32-14-20-18-12-8-6-10-16(18)17-11-7-9-13-19(17)20/h6-13,15,20H,14H2,1-5H3,(H,26,30)(H,27,31)(H,28,29)/t15-/m1/s1. The number of rotatable bonds is 7. The topological polar surface area (TPSA) is 105 Å². The van der Waals surface area contributed by atoms with Gasteiger partial charge in [-0.1, -0.05) is 48.5 Å². The molecule has 1 aliphatic rings. The predicted octanol–water partition coefficient (Wildman–Crippen LogP) is 3.92. The van der Waals surface area contributed by atoms with E-state index >= 15 is 0 Å². The molecule has 0 heterocycles. The zero-order valence-corrected chi connectivity index (χ0v) is 19.1. The number of carboxylic acids is 1. The lowest BCUT2D eigenvalue weighted by Crippen LogP contribution is -2.61. The molecule has 2 aromatic carbocycles. The predicted molar refractivity (Wildman–Crippen MR) is 121 cm³/mol. The van der Waals surface area contributed by atoms with Crippen LogP contribution < -0.4 is 10.6 Å². The summed E-state index contributed by atoms with van der Waals surface area (Å²) in [5, 5.41) is 14.3. The van der Waals surface area contributed by atoms with Gasteiger partial charge in [0.25, 0.3) is 0 Å². The molecule has 3 rings (SSSR count). The van der Waals surface area contributed by atoms with Gasteiger partial charge in [0.05, 0.1) is 11.0 Å². The molecule has 170 valence electrons. The number of hydrogen-bond acceptors (Lipinski definition) is 4. The van der Waals surface area contributed by atoms with Crippen molar-refractivity contribution >= 4 is 18.0 Å². The van der Waals surface area contributed by atoms with Crippen molar-refractivity contribution in [2.24, 2.45) is 5.41 Å². The lowest BCUT2D eigenvalue weighted by Gasteiger charge is -2.40. The fourth-order valence-electron chi connectivity index (χ4n) is 3.77. The average Bonchev–Trinajstić information content (AvgIpc) is 3.05. The van der Waals surface area contributed by atoms with Crippen molar-refractivity contribution in [2.75, 3.05) is 6.61 Å². The van der Waals surface area contributed by atoms with Crippen LogP contribution in [0.3, 0.4) is 0 Å². The summed E-state index contributed by atoms with van der Waals surface area (Å²) in [5.41, 5.74) is 2.41. The van der Waals surface area contributed by atoms with E-state index in [1.54, 1.807) is 27.7 Å². The number of amides is 2. The highest BCUT2D eigenvalue weighted by Gasteiger charge is 2.45. The van der Waals surface area contributed by atoms with Crippen LogP contribution in [0.4, 0.5) is 4.79 Å². The van der Waals surface area contributed by atoms with Gasteiger partial charge in [-0.05, 0) is 56.9 Å². The van der Waals surface area contributed by atoms with Crippen molar-refractivity contribution in [2.45, 2.75) is 52.1 Å². The Morgan fingerprint density at radius 2 is 1.47 bits per heavy atom. The first-order chi connectivity index (χ1) is 15.0. The van der Waals surface area contributed by atoms with Gasteiger partial charge in [0.2, 0.25) is 5.91 Å². The molecule has 0 spiro atoms. The summed E-state index contributed by atoms with van der Waals surface area (Å²) >= 11 is 0. The molecule has 0 saturated carbocycles. The molecule has 1 aliphatic carbocycles. The highest BCUT2D eigenvalue weighted by atomic mass is 16.5. The Kier molecular flexibility index (Phi) is 6.30. The van der Waals surface area contributed by atoms with Crippen LogP contribution in [-0.4, -0.2) is 41.3 Å². The Labute approximate surface area is 188 Å². The number of hydrogen-bond donors (Lipinski definition) is 3. The van der Waals surface area contributed by atoms with Crippen LogP contribution in [0, 0.1) is 5.41 Å². The molecule has 1 atom stereocenters. The third-order valence-corrected chi connectivity index (χ3v) is 6.61. The van der Waals surface area contributed by atoms with Gasteiger partial charge >= 0.3 is 12.1 Å². The first kappa shape index (κ1) is 23.3. The van der Waals surface area contributed by atoms with Gasteiger partial charge in [-0.2, -0.15) is 0 Å². The van der Waals surface area contributed by atoms with E-state index in [1.165, 1.54) is 6.92 Å². The van der Waals surface area contributed by atoms with Gasteiger partial charge in [0.15, 0.2) is 0 Å². The quantitative estimate of drug-likeness (QED) is 0.608. The van der Waals surface area contributed by atoms with E-state index in [2.05, 4.69) is 22.8 Å². The second kappa shape index (κ2) is 8.65. The summed E-state index contributed by atoms with van der Waals surface area (Å²) in [5.74, 6) is -1.67. The minimum Gasteiger partial charge on any atom is -0.480 e. The first-order valence-corrected chi connectivity index (χ1v) is 10.6. The number of alkyl carbamates (subject to hydrolysis) is 1. The minimum atomic E-state index is -1.13. The van der Waals surface area contributed by atoms with Crippen LogP contribution in [0.1, 0.15) is 51.7 Å². The summed E-state index contributed by atoms with van der Waals surface area (Å²) in [7, 11) is 0. The van der Waals surface area contributed by atoms with Crippen LogP contribution in [0.15, 0.2) is 48.5 Å². The Morgan fingerprint density at radius 1 is 0.969 bits per heavy atom. The van der Waals surface area contributed by atoms with E-state index in [0.29, 0.717) is 0 Å². The van der Waals surface area contributed by atoms with Crippen LogP contribution in [0.5, 0.6) is 0 Å². The number of carbonyl (C=O) groups is 3. The molecule has 0 unspecified atom stereocenters. The van der Waals surface area contributed by atoms with Crippen molar-refractivity contribution in [1.82, 2.24) is 10.6 Å². The number of aliphatic carboxylic acids is 1. The largest absolute Gasteiger partial charge is 0.480 e. The Balaban J connectivity index is 1.68. The Bertz CT molecular complexity index is 999. The SMILES string of the molecule is C[C@@H](NC(=O)C(C)(C)C(C)(C)NC(=O)OCC1c2ccccc2-c2ccccc21)C(=O)O. The summed E-state index contributed by atoms with van der Waals surface area (Å²) < 4.78 is 5.59. The van der Waals surface area contributed by atoms with Gasteiger partial charge in [-0.3, -0.25) is 9.59 Å². The summed E-state index contributed by atoms with van der Waals surface area (Å²) in [6, 6.07) is 15.1. The summed E-state index contributed by atoms with van der Waals surface area (Å²) in [6.07, 6.45) is -0.635. The van der Waals surface area contributed by atoms with Crippen molar-refractivity contribution in [3.8, 4) is 11.1 Å². The maximum Gasteiger partial charge on any atom is 0.407 e. The molecule has 7 heteroatoms. The molecule has 0 fully saturated rings. The summed E-state index contributed by atoms with van der Waals surface area (Å²) in [6.45, 7) is 8.28. The van der Waals surface area contributed by atoms with E-state index in [4.69, 9.17) is 9.84 Å². The normalized spacial score (nSPS) is 14.2. The highest BCUT2D eigenvalue weighted by molar-refractivity contribution is 5.88. The minimum absolute atomic E-state index is 0.0658. The fourth-order valence-corrected chi connectivity index (χ4v) is 3.77. The first-order valence-electron chi connectivity index (χ1n) is 10.6. The molecule has 0 bridgehead atoms. The van der Waals surface area contributed by atoms with E-state index < -0.39 is 35.0 Å². The molecule has 2 aromatic rings. The van der Waals surface area contributed by atoms with Crippen LogP contribution in [0.2, 0.25) is 0 Å². The third kappa shape index (κ3) is 4.33. The fraction of sp³-hybridized carbons (Fsp3) is 0.400. The monoisotopic (exact) mass is 438 g/mol. The lowest BCUT2D eigenvalue weighted by atomic mass is 9.73. The molecule has 0 aliphatic heterocycles. The molecule has 2 amide bonds. The van der Waals surface area contributed by atoms with Gasteiger partial charge in [0.1, 0.15) is 12.6 Å². The third-order valence-electron chi connectivity index (χ3n) is 6.61. The number of carboxylic acid groups (broad SMARTS) is 1. The highest BCUT2D eigenvalue weighted by Crippen LogP contribution is 2.44. The smallest absolute Gasteiger partial charge is 0.407 e. The second-order valence-corrected chi connectivity index (χ2v) is 9.23. The van der Waals surface area contributed by atoms with E-state index in [0.717, 1.165) is 22.3 Å². The van der Waals surface area contributed by atoms with Crippen molar-refractivity contribution in [1.29, 1.82) is 0 Å². The number of fused-ring (bicyclic) bond motifs is 3. The maximum atomic E-state index is 12.7. The molecule has 0 aromatic heterocycles. The zero-order valence-electron chi connectivity index (χ0n) is 19.1. The van der Waals surface area contributed by atoms with Crippen LogP contribution in [0.25, 0.3) is 11.1 Å². The average molecular weight is 439 g/mol. The van der Waals surface area contributed by atoms with Crippen molar-refractivity contribution < 1.29 is 24.2 Å². The molecular weight excluding hydrogens is 408 g/mol. The number of benzene rings is 2. The second-order valence-electron chi connectivity index (χ2n) is 9.23. The van der Waals surface area contributed by atoms with E-state index in [9.17, 15) is 14.4 Å². The number of ether oxygens (including phenoxy) is 1. The van der Waals surface area contributed by atoms with Crippen molar-refractivity contribution in [3.63, 3.8) is 0 Å². The summed E-state index contributed by atoms with van der Waals surface area (Å²) in [4.78, 5) is 36.4. The van der Waals surface area contributed by atoms with E-state index in [1.807, 2.05) is 36.4 Å². The van der Waals surface area contributed by atoms with Crippen LogP contribution >= 0.6 is 0 Å².